The van der Waals surface area contributed by atoms with Gasteiger partial charge in [-0.3, -0.25) is 15.1 Å². The molecular weight excluding hydrogens is 392 g/mol. The summed E-state index contributed by atoms with van der Waals surface area (Å²) in [5, 5.41) is 10.8. The van der Waals surface area contributed by atoms with Crippen molar-refractivity contribution in [1.82, 2.24) is 25.1 Å². The highest BCUT2D eigenvalue weighted by Crippen LogP contribution is 2.25. The molecule has 2 aromatic heterocycles. The number of amides is 2. The molecule has 0 unspecified atom stereocenters. The number of hydrogen-bond acceptors (Lipinski definition) is 4. The first-order valence-corrected chi connectivity index (χ1v) is 9.48. The van der Waals surface area contributed by atoms with Gasteiger partial charge in [-0.1, -0.05) is 44.5 Å². The molecule has 1 aromatic carbocycles. The number of aromatic amines is 1. The maximum atomic E-state index is 12.4. The van der Waals surface area contributed by atoms with Crippen LogP contribution in [0.1, 0.15) is 37.7 Å². The molecule has 0 aliphatic carbocycles. The van der Waals surface area contributed by atoms with Crippen LogP contribution >= 0.6 is 11.6 Å². The number of carbonyl (C=O) groups excluding carboxylic acids is 1. The minimum atomic E-state index is -0.406. The van der Waals surface area contributed by atoms with Crippen LogP contribution in [-0.4, -0.2) is 25.8 Å². The largest absolute Gasteiger partial charge is 0.334 e. The van der Waals surface area contributed by atoms with Crippen LogP contribution in [0.4, 0.5) is 10.6 Å². The monoisotopic (exact) mass is 414 g/mol. The fraction of sp³-hybridized carbons (Fsp3) is 0.300. The first-order valence-electron chi connectivity index (χ1n) is 9.10. The molecule has 2 amide bonds. The van der Waals surface area contributed by atoms with Crippen molar-refractivity contribution < 1.29 is 4.79 Å². The number of hydrogen-bond donors (Lipinski definition) is 3. The number of H-pyrrole nitrogens is 1. The summed E-state index contributed by atoms with van der Waals surface area (Å²) in [4.78, 5) is 31.3. The van der Waals surface area contributed by atoms with Crippen LogP contribution in [0.25, 0.3) is 5.95 Å². The Morgan fingerprint density at radius 1 is 1.21 bits per heavy atom. The van der Waals surface area contributed by atoms with Gasteiger partial charge < -0.3 is 5.32 Å². The van der Waals surface area contributed by atoms with E-state index in [0.717, 1.165) is 11.3 Å². The van der Waals surface area contributed by atoms with Gasteiger partial charge in [-0.2, -0.15) is 9.78 Å². The van der Waals surface area contributed by atoms with Crippen LogP contribution in [0, 0.1) is 6.92 Å². The molecule has 0 bridgehead atoms. The van der Waals surface area contributed by atoms with E-state index in [1.807, 2.05) is 32.9 Å². The van der Waals surface area contributed by atoms with E-state index in [0.29, 0.717) is 23.1 Å². The van der Waals surface area contributed by atoms with E-state index in [9.17, 15) is 9.59 Å². The van der Waals surface area contributed by atoms with Crippen LogP contribution < -0.4 is 16.2 Å². The Kier molecular flexibility index (Phi) is 5.74. The fourth-order valence-electron chi connectivity index (χ4n) is 2.61. The average Bonchev–Trinajstić information content (AvgIpc) is 3.04. The van der Waals surface area contributed by atoms with Crippen molar-refractivity contribution in [3.8, 4) is 5.95 Å². The van der Waals surface area contributed by atoms with E-state index < -0.39 is 6.03 Å². The summed E-state index contributed by atoms with van der Waals surface area (Å²) >= 11 is 5.88. The maximum absolute atomic E-state index is 12.4. The van der Waals surface area contributed by atoms with Crippen molar-refractivity contribution in [2.45, 2.75) is 39.7 Å². The minimum Gasteiger partial charge on any atom is -0.334 e. The summed E-state index contributed by atoms with van der Waals surface area (Å²) in [5.74, 6) is 0.635. The van der Waals surface area contributed by atoms with E-state index in [2.05, 4.69) is 25.7 Å². The fourth-order valence-corrected chi connectivity index (χ4v) is 2.73. The SMILES string of the molecule is Cc1cc(=O)[nH]c(-n2nc(C(C)(C)C)cc2NC(=O)NCc2ccc(Cl)cc2)n1. The Bertz CT molecular complexity index is 1080. The zero-order valence-corrected chi connectivity index (χ0v) is 17.5. The van der Waals surface area contributed by atoms with Crippen molar-refractivity contribution in [2.75, 3.05) is 5.32 Å². The normalized spacial score (nSPS) is 11.3. The third-order valence-electron chi connectivity index (χ3n) is 4.14. The molecule has 3 rings (SSSR count). The van der Waals surface area contributed by atoms with Crippen molar-refractivity contribution >= 4 is 23.4 Å². The van der Waals surface area contributed by atoms with Crippen LogP contribution in [0.2, 0.25) is 5.02 Å². The van der Waals surface area contributed by atoms with E-state index >= 15 is 0 Å². The number of aromatic nitrogens is 4. The number of urea groups is 1. The number of anilines is 1. The van der Waals surface area contributed by atoms with E-state index in [-0.39, 0.29) is 16.9 Å². The number of halogens is 1. The van der Waals surface area contributed by atoms with Crippen LogP contribution in [0.15, 0.2) is 41.2 Å². The molecule has 3 N–H and O–H groups in total. The second-order valence-corrected chi connectivity index (χ2v) is 8.16. The van der Waals surface area contributed by atoms with Gasteiger partial charge >= 0.3 is 6.03 Å². The molecule has 0 aliphatic heterocycles. The molecule has 0 saturated carbocycles. The van der Waals surface area contributed by atoms with Crippen molar-refractivity contribution in [3.05, 3.63) is 68.7 Å². The topological polar surface area (TPSA) is 105 Å². The molecule has 3 aromatic rings. The van der Waals surface area contributed by atoms with Crippen LogP contribution in [0.3, 0.4) is 0 Å². The number of aryl methyl sites for hydroxylation is 1. The second-order valence-electron chi connectivity index (χ2n) is 7.72. The Labute approximate surface area is 173 Å². The Balaban J connectivity index is 1.85. The summed E-state index contributed by atoms with van der Waals surface area (Å²) in [6, 6.07) is 9.96. The van der Waals surface area contributed by atoms with Gasteiger partial charge in [-0.05, 0) is 24.6 Å². The lowest BCUT2D eigenvalue weighted by molar-refractivity contribution is 0.251. The summed E-state index contributed by atoms with van der Waals surface area (Å²) in [7, 11) is 0. The van der Waals surface area contributed by atoms with Crippen LogP contribution in [0.5, 0.6) is 0 Å². The summed E-state index contributed by atoms with van der Waals surface area (Å²) in [5.41, 5.74) is 1.66. The molecule has 2 heterocycles. The van der Waals surface area contributed by atoms with Gasteiger partial charge in [0.05, 0.1) is 5.69 Å². The van der Waals surface area contributed by atoms with Crippen molar-refractivity contribution in [3.63, 3.8) is 0 Å². The number of benzene rings is 1. The molecule has 0 atom stereocenters. The third-order valence-corrected chi connectivity index (χ3v) is 4.40. The second kappa shape index (κ2) is 8.08. The van der Waals surface area contributed by atoms with E-state index in [1.165, 1.54) is 10.7 Å². The molecule has 0 saturated heterocycles. The van der Waals surface area contributed by atoms with Crippen molar-refractivity contribution in [1.29, 1.82) is 0 Å². The molecular formula is C20H23ClN6O2. The molecule has 152 valence electrons. The lowest BCUT2D eigenvalue weighted by Crippen LogP contribution is -2.29. The van der Waals surface area contributed by atoms with E-state index in [4.69, 9.17) is 11.6 Å². The zero-order valence-electron chi connectivity index (χ0n) is 16.7. The maximum Gasteiger partial charge on any atom is 0.320 e. The van der Waals surface area contributed by atoms with Gasteiger partial charge in [0.25, 0.3) is 5.56 Å². The highest BCUT2D eigenvalue weighted by atomic mass is 35.5. The minimum absolute atomic E-state index is 0.235. The number of nitrogens with zero attached hydrogens (tertiary/aromatic N) is 3. The number of carbonyl (C=O) groups is 1. The Morgan fingerprint density at radius 3 is 2.52 bits per heavy atom. The molecule has 8 nitrogen and oxygen atoms in total. The van der Waals surface area contributed by atoms with E-state index in [1.54, 1.807) is 25.1 Å². The molecule has 29 heavy (non-hydrogen) atoms. The van der Waals surface area contributed by atoms with Crippen molar-refractivity contribution in [2.24, 2.45) is 0 Å². The third kappa shape index (κ3) is 5.23. The molecule has 0 radical (unpaired) electrons. The number of nitrogens with one attached hydrogen (secondary N) is 3. The van der Waals surface area contributed by atoms with Gasteiger partial charge in [-0.15, -0.1) is 0 Å². The first-order chi connectivity index (χ1) is 13.6. The van der Waals surface area contributed by atoms with Gasteiger partial charge in [0.2, 0.25) is 5.95 Å². The van der Waals surface area contributed by atoms with Crippen LogP contribution in [-0.2, 0) is 12.0 Å². The highest BCUT2D eigenvalue weighted by molar-refractivity contribution is 6.30. The first kappa shape index (κ1) is 20.6. The van der Waals surface area contributed by atoms with Gasteiger partial charge in [0.15, 0.2) is 0 Å². The lowest BCUT2D eigenvalue weighted by Gasteiger charge is -2.13. The van der Waals surface area contributed by atoms with Gasteiger partial charge in [-0.25, -0.2) is 9.78 Å². The number of rotatable bonds is 4. The Hall–Kier alpha value is -3.13. The molecule has 0 fully saturated rings. The lowest BCUT2D eigenvalue weighted by atomic mass is 9.92. The molecule has 0 aliphatic rings. The van der Waals surface area contributed by atoms with Gasteiger partial charge in [0.1, 0.15) is 5.82 Å². The average molecular weight is 415 g/mol. The standard InChI is InChI=1S/C20H23ClN6O2/c1-12-9-17(28)25-18(23-12)27-16(10-15(26-27)20(2,3)4)24-19(29)22-11-13-5-7-14(21)8-6-13/h5-10H,11H2,1-4H3,(H2,22,24,29)(H,23,25,28). The summed E-state index contributed by atoms with van der Waals surface area (Å²) in [6.45, 7) is 8.09. The smallest absolute Gasteiger partial charge is 0.320 e. The Morgan fingerprint density at radius 2 is 1.90 bits per heavy atom. The molecule has 9 heteroatoms. The summed E-state index contributed by atoms with van der Waals surface area (Å²) in [6.07, 6.45) is 0. The quantitative estimate of drug-likeness (QED) is 0.607. The summed E-state index contributed by atoms with van der Waals surface area (Å²) < 4.78 is 1.43. The predicted molar refractivity (Wildman–Crippen MR) is 113 cm³/mol. The van der Waals surface area contributed by atoms with Gasteiger partial charge in [0, 0.05) is 34.8 Å². The highest BCUT2D eigenvalue weighted by Gasteiger charge is 2.22. The molecule has 0 spiro atoms. The predicted octanol–water partition coefficient (Wildman–Crippen LogP) is 3.54. The zero-order chi connectivity index (χ0) is 21.2.